The number of carboxylic acids is 1. The van der Waals surface area contributed by atoms with Crippen molar-refractivity contribution in [2.45, 2.75) is 19.3 Å². The number of hydrogen-bond donors (Lipinski definition) is 2. The molecule has 0 aliphatic carbocycles. The van der Waals surface area contributed by atoms with Crippen molar-refractivity contribution in [2.75, 3.05) is 13.1 Å². The van der Waals surface area contributed by atoms with Crippen LogP contribution in [0.2, 0.25) is 0 Å². The molecule has 4 nitrogen and oxygen atoms in total. The van der Waals surface area contributed by atoms with Crippen LogP contribution in [0.3, 0.4) is 0 Å². The van der Waals surface area contributed by atoms with Crippen molar-refractivity contribution in [2.24, 2.45) is 0 Å². The molecule has 0 amide bonds. The lowest BCUT2D eigenvalue weighted by atomic mass is 10.1. The van der Waals surface area contributed by atoms with Gasteiger partial charge in [-0.25, -0.2) is 4.79 Å². The second-order valence-electron chi connectivity index (χ2n) is 4.49. The third-order valence-electron chi connectivity index (χ3n) is 3.09. The number of nitrogens with zero attached hydrogens (tertiary/aromatic N) is 1. The van der Waals surface area contributed by atoms with Crippen LogP contribution in [0, 0.1) is 0 Å². The average molecular weight is 258 g/mol. The minimum absolute atomic E-state index is 0.297. The van der Waals surface area contributed by atoms with Crippen LogP contribution >= 0.6 is 0 Å². The average Bonchev–Trinajstić information content (AvgIpc) is 2.49. The van der Waals surface area contributed by atoms with E-state index in [4.69, 9.17) is 5.11 Å². The van der Waals surface area contributed by atoms with Gasteiger partial charge in [-0.2, -0.15) is 0 Å². The van der Waals surface area contributed by atoms with Gasteiger partial charge in [0.05, 0.1) is 11.1 Å². The number of piperidine rings is 1. The Bertz CT molecular complexity index is 534. The molecular weight excluding hydrogens is 240 g/mol. The normalized spacial score (nSPS) is 14.5. The predicted octanol–water partition coefficient (Wildman–Crippen LogP) is 2.69. The van der Waals surface area contributed by atoms with Gasteiger partial charge in [-0.1, -0.05) is 24.6 Å². The molecule has 0 spiro atoms. The molecule has 2 heterocycles. The highest BCUT2D eigenvalue weighted by atomic mass is 16.4. The fraction of sp³-hybridized carbons (Fsp3) is 0.333. The van der Waals surface area contributed by atoms with E-state index in [9.17, 15) is 4.79 Å². The Hall–Kier alpha value is -1.94. The zero-order chi connectivity index (χ0) is 13.5. The second-order valence-corrected chi connectivity index (χ2v) is 4.49. The number of fused-ring (bicyclic) bond motifs is 1. The van der Waals surface area contributed by atoms with Crippen LogP contribution in [0.1, 0.15) is 29.6 Å². The van der Waals surface area contributed by atoms with Crippen molar-refractivity contribution in [3.63, 3.8) is 0 Å². The molecule has 3 rings (SSSR count). The van der Waals surface area contributed by atoms with Crippen molar-refractivity contribution in [3.8, 4) is 0 Å². The first kappa shape index (κ1) is 13.5. The van der Waals surface area contributed by atoms with Crippen LogP contribution in [0.25, 0.3) is 10.9 Å². The van der Waals surface area contributed by atoms with Gasteiger partial charge in [-0.15, -0.1) is 0 Å². The molecule has 1 aliphatic heterocycles. The van der Waals surface area contributed by atoms with Crippen molar-refractivity contribution < 1.29 is 9.90 Å². The van der Waals surface area contributed by atoms with Gasteiger partial charge in [0, 0.05) is 11.6 Å². The molecule has 1 fully saturated rings. The van der Waals surface area contributed by atoms with Crippen molar-refractivity contribution in [1.82, 2.24) is 10.3 Å². The highest BCUT2D eigenvalue weighted by Crippen LogP contribution is 2.15. The number of rotatable bonds is 1. The number of carboxylic acid groups (broad SMARTS) is 1. The van der Waals surface area contributed by atoms with Gasteiger partial charge in [0.25, 0.3) is 0 Å². The molecule has 4 heteroatoms. The van der Waals surface area contributed by atoms with E-state index in [1.54, 1.807) is 18.2 Å². The molecule has 0 saturated carbocycles. The predicted molar refractivity (Wildman–Crippen MR) is 75.4 cm³/mol. The van der Waals surface area contributed by atoms with Crippen LogP contribution in [-0.4, -0.2) is 29.1 Å². The Morgan fingerprint density at radius 3 is 2.42 bits per heavy atom. The van der Waals surface area contributed by atoms with Crippen LogP contribution in [0.4, 0.5) is 0 Å². The first-order valence-electron chi connectivity index (χ1n) is 6.57. The van der Waals surface area contributed by atoms with Crippen LogP contribution < -0.4 is 5.32 Å². The summed E-state index contributed by atoms with van der Waals surface area (Å²) in [7, 11) is 0. The lowest BCUT2D eigenvalue weighted by molar-refractivity contribution is 0.0699. The van der Waals surface area contributed by atoms with E-state index in [1.165, 1.54) is 44.6 Å². The quantitative estimate of drug-likeness (QED) is 0.825. The first-order valence-corrected chi connectivity index (χ1v) is 6.57. The summed E-state index contributed by atoms with van der Waals surface area (Å²) in [5, 5.41) is 12.8. The number of aromatic nitrogens is 1. The minimum atomic E-state index is -0.918. The maximum atomic E-state index is 10.8. The van der Waals surface area contributed by atoms with Gasteiger partial charge in [-0.05, 0) is 38.1 Å². The summed E-state index contributed by atoms with van der Waals surface area (Å²) in [6.45, 7) is 2.50. The van der Waals surface area contributed by atoms with E-state index >= 15 is 0 Å². The maximum absolute atomic E-state index is 10.8. The van der Waals surface area contributed by atoms with E-state index in [1.807, 2.05) is 6.07 Å². The van der Waals surface area contributed by atoms with Crippen LogP contribution in [0.5, 0.6) is 0 Å². The third-order valence-corrected chi connectivity index (χ3v) is 3.09. The number of pyridine rings is 1. The maximum Gasteiger partial charge on any atom is 0.336 e. The Labute approximate surface area is 112 Å². The smallest absolute Gasteiger partial charge is 0.336 e. The topological polar surface area (TPSA) is 62.2 Å². The SMILES string of the molecule is C1CCNCC1.O=C(O)c1ccnc2ccccc12. The number of nitrogens with one attached hydrogen (secondary N) is 1. The standard InChI is InChI=1S/C10H7NO2.C5H11N/c12-10(13)8-5-6-11-9-4-2-1-3-7(8)9;1-2-4-6-5-3-1/h1-6H,(H,12,13);6H,1-5H2. The number of para-hydroxylation sites is 1. The van der Waals surface area contributed by atoms with Crippen molar-refractivity contribution in [3.05, 3.63) is 42.1 Å². The van der Waals surface area contributed by atoms with Crippen molar-refractivity contribution >= 4 is 16.9 Å². The molecule has 1 aromatic heterocycles. The summed E-state index contributed by atoms with van der Waals surface area (Å²) in [4.78, 5) is 14.8. The summed E-state index contributed by atoms with van der Waals surface area (Å²) in [5.41, 5.74) is 1.01. The summed E-state index contributed by atoms with van der Waals surface area (Å²) < 4.78 is 0. The Balaban J connectivity index is 0.000000186. The van der Waals surface area contributed by atoms with Crippen LogP contribution in [0.15, 0.2) is 36.5 Å². The molecule has 2 aromatic rings. The summed E-state index contributed by atoms with van der Waals surface area (Å²) >= 11 is 0. The third kappa shape index (κ3) is 3.76. The molecule has 19 heavy (non-hydrogen) atoms. The molecule has 1 aromatic carbocycles. The Kier molecular flexibility index (Phi) is 4.86. The minimum Gasteiger partial charge on any atom is -0.478 e. The fourth-order valence-electron chi connectivity index (χ4n) is 2.08. The van der Waals surface area contributed by atoms with E-state index in [2.05, 4.69) is 10.3 Å². The first-order chi connectivity index (χ1) is 9.29. The zero-order valence-electron chi connectivity index (χ0n) is 10.8. The molecule has 0 atom stereocenters. The highest BCUT2D eigenvalue weighted by Gasteiger charge is 2.06. The van der Waals surface area contributed by atoms with E-state index in [0.717, 1.165) is 0 Å². The van der Waals surface area contributed by atoms with E-state index in [-0.39, 0.29) is 0 Å². The largest absolute Gasteiger partial charge is 0.478 e. The molecule has 0 radical (unpaired) electrons. The van der Waals surface area contributed by atoms with Gasteiger partial charge in [0.1, 0.15) is 0 Å². The summed E-state index contributed by atoms with van der Waals surface area (Å²) in [6, 6.07) is 8.69. The lowest BCUT2D eigenvalue weighted by Crippen LogP contribution is -2.21. The Morgan fingerprint density at radius 2 is 1.84 bits per heavy atom. The monoisotopic (exact) mass is 258 g/mol. The molecular formula is C15H18N2O2. The highest BCUT2D eigenvalue weighted by molar-refractivity contribution is 6.02. The van der Waals surface area contributed by atoms with Crippen LogP contribution in [-0.2, 0) is 0 Å². The summed E-state index contributed by atoms with van der Waals surface area (Å²) in [6.07, 6.45) is 5.72. The van der Waals surface area contributed by atoms with E-state index < -0.39 is 5.97 Å². The second kappa shape index (κ2) is 6.85. The van der Waals surface area contributed by atoms with Gasteiger partial charge >= 0.3 is 5.97 Å². The Morgan fingerprint density at radius 1 is 1.11 bits per heavy atom. The van der Waals surface area contributed by atoms with Gasteiger partial charge < -0.3 is 10.4 Å². The number of carbonyl (C=O) groups is 1. The number of benzene rings is 1. The molecule has 0 bridgehead atoms. The molecule has 100 valence electrons. The lowest BCUT2D eigenvalue weighted by Gasteiger charge is -2.08. The molecule has 0 unspecified atom stereocenters. The zero-order valence-corrected chi connectivity index (χ0v) is 10.8. The fourth-order valence-corrected chi connectivity index (χ4v) is 2.08. The van der Waals surface area contributed by atoms with E-state index in [0.29, 0.717) is 16.5 Å². The number of hydrogen-bond acceptors (Lipinski definition) is 3. The van der Waals surface area contributed by atoms with Gasteiger partial charge in [0.15, 0.2) is 0 Å². The number of aromatic carboxylic acids is 1. The van der Waals surface area contributed by atoms with Gasteiger partial charge in [-0.3, -0.25) is 4.98 Å². The molecule has 1 aliphatic rings. The molecule has 2 N–H and O–H groups in total. The van der Waals surface area contributed by atoms with Gasteiger partial charge in [0.2, 0.25) is 0 Å². The van der Waals surface area contributed by atoms with Crippen molar-refractivity contribution in [1.29, 1.82) is 0 Å². The summed E-state index contributed by atoms with van der Waals surface area (Å²) in [5.74, 6) is -0.918. The molecule has 1 saturated heterocycles.